The van der Waals surface area contributed by atoms with Crippen LogP contribution in [0.3, 0.4) is 0 Å². The van der Waals surface area contributed by atoms with Gasteiger partial charge in [-0.3, -0.25) is 0 Å². The van der Waals surface area contributed by atoms with Crippen LogP contribution in [0.25, 0.3) is 10.9 Å². The number of pyridine rings is 1. The molecular weight excluding hydrogens is 460 g/mol. The van der Waals surface area contributed by atoms with Gasteiger partial charge in [-0.2, -0.15) is 0 Å². The Morgan fingerprint density at radius 2 is 1.53 bits per heavy atom. The van der Waals surface area contributed by atoms with Crippen molar-refractivity contribution in [2.75, 3.05) is 48.3 Å². The minimum absolute atomic E-state index is 0.199. The standard InChI is InChI=1S/C28H27F2N5O/c29-22-7-5-20(6-8-22)13-14-31-27-26(19-21-3-1-2-4-25(21)33-27)34-15-17-35(18-16-34)28(36)32-24-11-9-23(30)10-12-24/h1-12,19H,13-18H2,(H,31,33)(H,32,36). The topological polar surface area (TPSA) is 60.5 Å². The van der Waals surface area contributed by atoms with Crippen molar-refractivity contribution in [3.05, 3.63) is 96.1 Å². The van der Waals surface area contributed by atoms with Gasteiger partial charge in [0.15, 0.2) is 0 Å². The molecule has 1 aliphatic heterocycles. The highest BCUT2D eigenvalue weighted by molar-refractivity contribution is 5.90. The van der Waals surface area contributed by atoms with Gasteiger partial charge >= 0.3 is 6.03 Å². The highest BCUT2D eigenvalue weighted by Gasteiger charge is 2.23. The third-order valence-electron chi connectivity index (χ3n) is 6.33. The summed E-state index contributed by atoms with van der Waals surface area (Å²) in [5, 5.41) is 7.35. The van der Waals surface area contributed by atoms with Gasteiger partial charge in [0, 0.05) is 43.8 Å². The van der Waals surface area contributed by atoms with E-state index in [2.05, 4.69) is 21.6 Å². The summed E-state index contributed by atoms with van der Waals surface area (Å²) in [6, 6.07) is 22.2. The molecule has 8 heteroatoms. The quantitative estimate of drug-likeness (QED) is 0.376. The molecule has 0 bridgehead atoms. The number of piperazine rings is 1. The Morgan fingerprint density at radius 3 is 2.25 bits per heavy atom. The number of halogens is 2. The third-order valence-corrected chi connectivity index (χ3v) is 6.33. The number of hydrogen-bond acceptors (Lipinski definition) is 4. The Labute approximate surface area is 208 Å². The van der Waals surface area contributed by atoms with Gasteiger partial charge < -0.3 is 20.4 Å². The lowest BCUT2D eigenvalue weighted by Crippen LogP contribution is -2.50. The van der Waals surface area contributed by atoms with E-state index in [0.717, 1.165) is 34.4 Å². The molecule has 0 radical (unpaired) electrons. The van der Waals surface area contributed by atoms with Crippen LogP contribution >= 0.6 is 0 Å². The lowest BCUT2D eigenvalue weighted by molar-refractivity contribution is 0.208. The first kappa shape index (κ1) is 23.5. The van der Waals surface area contributed by atoms with Crippen molar-refractivity contribution >= 4 is 34.1 Å². The fraction of sp³-hybridized carbons (Fsp3) is 0.214. The molecule has 0 aliphatic carbocycles. The molecule has 4 aromatic rings. The number of carbonyl (C=O) groups excluding carboxylic acids is 1. The van der Waals surface area contributed by atoms with E-state index in [1.165, 1.54) is 24.3 Å². The van der Waals surface area contributed by atoms with Crippen LogP contribution in [-0.4, -0.2) is 48.6 Å². The molecule has 3 aromatic carbocycles. The fourth-order valence-corrected chi connectivity index (χ4v) is 4.34. The van der Waals surface area contributed by atoms with Crippen LogP contribution in [0.1, 0.15) is 5.56 Å². The summed E-state index contributed by atoms with van der Waals surface area (Å²) < 4.78 is 26.3. The number of aromatic nitrogens is 1. The Balaban J connectivity index is 1.27. The van der Waals surface area contributed by atoms with Crippen molar-refractivity contribution in [3.63, 3.8) is 0 Å². The van der Waals surface area contributed by atoms with Gasteiger partial charge in [0.25, 0.3) is 0 Å². The second-order valence-electron chi connectivity index (χ2n) is 8.76. The number of hydrogen-bond donors (Lipinski definition) is 2. The van der Waals surface area contributed by atoms with Gasteiger partial charge in [0.2, 0.25) is 0 Å². The van der Waals surface area contributed by atoms with E-state index >= 15 is 0 Å². The molecule has 1 saturated heterocycles. The smallest absolute Gasteiger partial charge is 0.321 e. The molecule has 6 nitrogen and oxygen atoms in total. The lowest BCUT2D eigenvalue weighted by atomic mass is 10.1. The molecule has 0 saturated carbocycles. The molecular formula is C28H27F2N5O. The number of nitrogens with zero attached hydrogens (tertiary/aromatic N) is 3. The van der Waals surface area contributed by atoms with Gasteiger partial charge in [-0.15, -0.1) is 0 Å². The van der Waals surface area contributed by atoms with Crippen LogP contribution in [0.5, 0.6) is 0 Å². The maximum atomic E-state index is 13.2. The Bertz CT molecular complexity index is 1340. The Morgan fingerprint density at radius 1 is 0.861 bits per heavy atom. The number of anilines is 3. The van der Waals surface area contributed by atoms with Crippen molar-refractivity contribution in [2.45, 2.75) is 6.42 Å². The summed E-state index contributed by atoms with van der Waals surface area (Å²) in [7, 11) is 0. The molecule has 184 valence electrons. The van der Waals surface area contributed by atoms with Crippen LogP contribution in [0, 0.1) is 11.6 Å². The zero-order valence-corrected chi connectivity index (χ0v) is 19.8. The molecule has 36 heavy (non-hydrogen) atoms. The van der Waals surface area contributed by atoms with Crippen molar-refractivity contribution in [1.29, 1.82) is 0 Å². The molecule has 5 rings (SSSR count). The summed E-state index contributed by atoms with van der Waals surface area (Å²) in [6.45, 7) is 3.07. The number of amides is 2. The van der Waals surface area contributed by atoms with Crippen molar-refractivity contribution < 1.29 is 13.6 Å². The van der Waals surface area contributed by atoms with Crippen LogP contribution in [0.2, 0.25) is 0 Å². The second kappa shape index (κ2) is 10.6. The summed E-state index contributed by atoms with van der Waals surface area (Å²) in [5.41, 5.74) is 3.51. The minimum Gasteiger partial charge on any atom is -0.368 e. The van der Waals surface area contributed by atoms with E-state index in [0.29, 0.717) is 38.4 Å². The molecule has 2 amide bonds. The van der Waals surface area contributed by atoms with E-state index in [1.54, 1.807) is 29.2 Å². The first-order chi connectivity index (χ1) is 17.5. The maximum Gasteiger partial charge on any atom is 0.321 e. The molecule has 0 spiro atoms. The first-order valence-corrected chi connectivity index (χ1v) is 12.0. The van der Waals surface area contributed by atoms with Gasteiger partial charge in [0.05, 0.1) is 11.2 Å². The normalized spacial score (nSPS) is 13.6. The Hall–Kier alpha value is -4.20. The Kier molecular flexibility index (Phi) is 6.93. The van der Waals surface area contributed by atoms with Gasteiger partial charge in [-0.1, -0.05) is 30.3 Å². The summed E-state index contributed by atoms with van der Waals surface area (Å²) >= 11 is 0. The van der Waals surface area contributed by atoms with E-state index < -0.39 is 0 Å². The van der Waals surface area contributed by atoms with Gasteiger partial charge in [0.1, 0.15) is 17.5 Å². The van der Waals surface area contributed by atoms with E-state index in [-0.39, 0.29) is 17.7 Å². The highest BCUT2D eigenvalue weighted by atomic mass is 19.1. The maximum absolute atomic E-state index is 13.2. The number of urea groups is 1. The number of carbonyl (C=O) groups is 1. The number of rotatable bonds is 6. The highest BCUT2D eigenvalue weighted by Crippen LogP contribution is 2.29. The number of nitrogens with one attached hydrogen (secondary N) is 2. The van der Waals surface area contributed by atoms with Crippen LogP contribution in [0.4, 0.5) is 30.8 Å². The average Bonchev–Trinajstić information content (AvgIpc) is 2.91. The zero-order valence-electron chi connectivity index (χ0n) is 19.8. The molecule has 0 atom stereocenters. The summed E-state index contributed by atoms with van der Waals surface area (Å²) in [5.74, 6) is 0.211. The molecule has 1 aromatic heterocycles. The summed E-state index contributed by atoms with van der Waals surface area (Å²) in [6.07, 6.45) is 0.742. The van der Waals surface area contributed by atoms with Crippen LogP contribution in [-0.2, 0) is 6.42 Å². The lowest BCUT2D eigenvalue weighted by Gasteiger charge is -2.36. The third kappa shape index (κ3) is 5.54. The molecule has 1 aliphatic rings. The predicted octanol–water partition coefficient (Wildman–Crippen LogP) is 5.52. The van der Waals surface area contributed by atoms with Crippen molar-refractivity contribution in [2.24, 2.45) is 0 Å². The van der Waals surface area contributed by atoms with E-state index in [4.69, 9.17) is 4.98 Å². The zero-order chi connectivity index (χ0) is 24.9. The van der Waals surface area contributed by atoms with Crippen molar-refractivity contribution in [1.82, 2.24) is 9.88 Å². The van der Waals surface area contributed by atoms with Crippen LogP contribution in [0.15, 0.2) is 78.9 Å². The van der Waals surface area contributed by atoms with Crippen LogP contribution < -0.4 is 15.5 Å². The van der Waals surface area contributed by atoms with E-state index in [9.17, 15) is 13.6 Å². The van der Waals surface area contributed by atoms with Crippen molar-refractivity contribution in [3.8, 4) is 0 Å². The fourth-order valence-electron chi connectivity index (χ4n) is 4.34. The van der Waals surface area contributed by atoms with E-state index in [1.807, 2.05) is 24.3 Å². The molecule has 2 heterocycles. The average molecular weight is 488 g/mol. The SMILES string of the molecule is O=C(Nc1ccc(F)cc1)N1CCN(c2cc3ccccc3nc2NCCc2ccc(F)cc2)CC1. The monoisotopic (exact) mass is 487 g/mol. The first-order valence-electron chi connectivity index (χ1n) is 12.0. The molecule has 0 unspecified atom stereocenters. The predicted molar refractivity (Wildman–Crippen MR) is 140 cm³/mol. The molecule has 2 N–H and O–H groups in total. The number of para-hydroxylation sites is 1. The van der Waals surface area contributed by atoms with Gasteiger partial charge in [-0.05, 0) is 60.5 Å². The number of benzene rings is 3. The molecule has 1 fully saturated rings. The number of fused-ring (bicyclic) bond motifs is 1. The van der Waals surface area contributed by atoms with Gasteiger partial charge in [-0.25, -0.2) is 18.6 Å². The minimum atomic E-state index is -0.340. The second-order valence-corrected chi connectivity index (χ2v) is 8.76. The largest absolute Gasteiger partial charge is 0.368 e. The summed E-state index contributed by atoms with van der Waals surface area (Å²) in [4.78, 5) is 21.6.